The molecular formula is C21H27N3O4S. The predicted octanol–water partition coefficient (Wildman–Crippen LogP) is 3.46. The number of benzene rings is 1. The summed E-state index contributed by atoms with van der Waals surface area (Å²) in [5.41, 5.74) is 0.898. The van der Waals surface area contributed by atoms with E-state index in [1.807, 2.05) is 5.38 Å². The topological polar surface area (TPSA) is 91.8 Å². The van der Waals surface area contributed by atoms with E-state index < -0.39 is 12.1 Å². The Kier molecular flexibility index (Phi) is 7.60. The summed E-state index contributed by atoms with van der Waals surface area (Å²) in [6, 6.07) is 6.99. The highest BCUT2D eigenvalue weighted by atomic mass is 32.1. The molecular weight excluding hydrogens is 390 g/mol. The van der Waals surface area contributed by atoms with Crippen LogP contribution in [0, 0.1) is 0 Å². The maximum atomic E-state index is 13.2. The quantitative estimate of drug-likeness (QED) is 0.639. The monoisotopic (exact) mass is 417 g/mol. The second-order valence-corrected chi connectivity index (χ2v) is 7.93. The summed E-state index contributed by atoms with van der Waals surface area (Å²) < 4.78 is 5.53. The lowest BCUT2D eigenvalue weighted by atomic mass is 9.94. The van der Waals surface area contributed by atoms with Gasteiger partial charge in [0.15, 0.2) is 11.2 Å². The second kappa shape index (κ2) is 10.4. The van der Waals surface area contributed by atoms with Crippen molar-refractivity contribution in [3.8, 4) is 0 Å². The van der Waals surface area contributed by atoms with Crippen molar-refractivity contribution in [1.29, 1.82) is 0 Å². The Balaban J connectivity index is 1.73. The molecule has 0 saturated heterocycles. The number of carbonyl (C=O) groups is 2. The maximum Gasteiger partial charge on any atom is 0.341 e. The number of para-hydroxylation sites is 1. The minimum Gasteiger partial charge on any atom is -0.449 e. The third kappa shape index (κ3) is 5.33. The number of aliphatic hydroxyl groups excluding tert-OH is 1. The van der Waals surface area contributed by atoms with Crippen LogP contribution >= 0.6 is 11.3 Å². The van der Waals surface area contributed by atoms with Gasteiger partial charge < -0.3 is 15.2 Å². The van der Waals surface area contributed by atoms with Gasteiger partial charge in [0.2, 0.25) is 0 Å². The van der Waals surface area contributed by atoms with Crippen LogP contribution in [0.5, 0.6) is 0 Å². The maximum absolute atomic E-state index is 13.2. The zero-order chi connectivity index (χ0) is 20.6. The molecule has 0 spiro atoms. The van der Waals surface area contributed by atoms with Crippen LogP contribution in [0.15, 0.2) is 35.8 Å². The summed E-state index contributed by atoms with van der Waals surface area (Å²) in [5, 5.41) is 14.5. The van der Waals surface area contributed by atoms with E-state index in [1.165, 1.54) is 17.8 Å². The molecule has 7 nitrogen and oxygen atoms in total. The Morgan fingerprint density at radius 3 is 2.76 bits per heavy atom. The smallest absolute Gasteiger partial charge is 0.341 e. The lowest BCUT2D eigenvalue weighted by molar-refractivity contribution is -0.127. The zero-order valence-electron chi connectivity index (χ0n) is 16.5. The van der Waals surface area contributed by atoms with Crippen LogP contribution in [0.25, 0.3) is 0 Å². The number of rotatable bonds is 8. The number of aliphatic hydroxyl groups is 1. The molecule has 2 aromatic rings. The van der Waals surface area contributed by atoms with Gasteiger partial charge in [0, 0.05) is 29.9 Å². The molecule has 0 radical (unpaired) electrons. The number of hydrogen-bond acceptors (Lipinski definition) is 7. The van der Waals surface area contributed by atoms with Crippen LogP contribution in [0.4, 0.5) is 10.8 Å². The van der Waals surface area contributed by atoms with Crippen molar-refractivity contribution in [1.82, 2.24) is 4.98 Å². The molecule has 2 N–H and O–H groups in total. The number of esters is 1. The van der Waals surface area contributed by atoms with Gasteiger partial charge in [-0.1, -0.05) is 31.4 Å². The molecule has 1 fully saturated rings. The molecule has 3 rings (SSSR count). The minimum absolute atomic E-state index is 0.0531. The normalized spacial score (nSPS) is 15.5. The van der Waals surface area contributed by atoms with Gasteiger partial charge in [-0.25, -0.2) is 9.78 Å². The number of nitrogens with one attached hydrogen (secondary N) is 1. The molecule has 1 atom stereocenters. The third-order valence-corrected chi connectivity index (χ3v) is 5.78. The number of hydrogen-bond donors (Lipinski definition) is 2. The van der Waals surface area contributed by atoms with Crippen LogP contribution < -0.4 is 10.2 Å². The first-order valence-corrected chi connectivity index (χ1v) is 10.9. The van der Waals surface area contributed by atoms with Gasteiger partial charge in [0.25, 0.3) is 5.91 Å². The molecule has 8 heteroatoms. The van der Waals surface area contributed by atoms with E-state index in [-0.39, 0.29) is 18.6 Å². The molecule has 156 valence electrons. The first-order chi connectivity index (χ1) is 14.1. The van der Waals surface area contributed by atoms with Crippen molar-refractivity contribution < 1.29 is 19.4 Å². The van der Waals surface area contributed by atoms with Crippen molar-refractivity contribution in [3.05, 3.63) is 41.4 Å². The zero-order valence-corrected chi connectivity index (χ0v) is 17.4. The van der Waals surface area contributed by atoms with Gasteiger partial charge in [0.05, 0.1) is 12.2 Å². The molecule has 0 aliphatic heterocycles. The Morgan fingerprint density at radius 1 is 1.31 bits per heavy atom. The summed E-state index contributed by atoms with van der Waals surface area (Å²) in [6.45, 7) is 1.87. The first-order valence-electron chi connectivity index (χ1n) is 9.99. The minimum atomic E-state index is -0.931. The first kappa shape index (κ1) is 21.3. The van der Waals surface area contributed by atoms with Crippen LogP contribution in [0.3, 0.4) is 0 Å². The number of amides is 1. The fourth-order valence-electron chi connectivity index (χ4n) is 3.58. The molecule has 1 saturated carbocycles. The molecule has 1 aromatic heterocycles. The predicted molar refractivity (Wildman–Crippen MR) is 113 cm³/mol. The van der Waals surface area contributed by atoms with Crippen LogP contribution in [-0.4, -0.2) is 47.3 Å². The Bertz CT molecular complexity index is 806. The summed E-state index contributed by atoms with van der Waals surface area (Å²) >= 11 is 1.42. The van der Waals surface area contributed by atoms with Crippen molar-refractivity contribution in [2.45, 2.75) is 51.2 Å². The molecule has 1 aliphatic rings. The number of aromatic nitrogens is 1. The largest absolute Gasteiger partial charge is 0.449 e. The standard InChI is InChI=1S/C21H27N3O4S/c1-15(28-20(27)17-9-5-6-10-18(17)22-11-13-25)19(26)24(21-23-12-14-29-21)16-7-3-2-4-8-16/h5-6,9-10,12,14-16,22,25H,2-4,7-8,11,13H2,1H3. The number of thiazole rings is 1. The van der Waals surface area contributed by atoms with E-state index >= 15 is 0 Å². The van der Waals surface area contributed by atoms with Crippen molar-refractivity contribution in [2.24, 2.45) is 0 Å². The molecule has 1 amide bonds. The van der Waals surface area contributed by atoms with Gasteiger partial charge in [0.1, 0.15) is 0 Å². The van der Waals surface area contributed by atoms with Crippen LogP contribution in [-0.2, 0) is 9.53 Å². The molecule has 1 aliphatic carbocycles. The van der Waals surface area contributed by atoms with Crippen molar-refractivity contribution >= 4 is 34.0 Å². The number of carbonyl (C=O) groups excluding carboxylic acids is 2. The van der Waals surface area contributed by atoms with E-state index in [4.69, 9.17) is 9.84 Å². The Labute approximate surface area is 174 Å². The van der Waals surface area contributed by atoms with E-state index in [0.29, 0.717) is 22.9 Å². The van der Waals surface area contributed by atoms with Crippen LogP contribution in [0.2, 0.25) is 0 Å². The summed E-state index contributed by atoms with van der Waals surface area (Å²) in [7, 11) is 0. The van der Waals surface area contributed by atoms with Gasteiger partial charge in [-0.15, -0.1) is 11.3 Å². The molecule has 0 bridgehead atoms. The summed E-state index contributed by atoms with van der Waals surface area (Å²) in [5.74, 6) is -0.823. The van der Waals surface area contributed by atoms with E-state index in [0.717, 1.165) is 25.7 Å². The van der Waals surface area contributed by atoms with E-state index in [1.54, 1.807) is 42.3 Å². The Morgan fingerprint density at radius 2 is 2.07 bits per heavy atom. The second-order valence-electron chi connectivity index (χ2n) is 7.06. The summed E-state index contributed by atoms with van der Waals surface area (Å²) in [6.07, 6.45) is 5.95. The Hall–Kier alpha value is -2.45. The average Bonchev–Trinajstić information content (AvgIpc) is 3.27. The third-order valence-electron chi connectivity index (χ3n) is 5.01. The highest BCUT2D eigenvalue weighted by Crippen LogP contribution is 2.30. The van der Waals surface area contributed by atoms with Gasteiger partial charge in [-0.3, -0.25) is 9.69 Å². The van der Waals surface area contributed by atoms with Gasteiger partial charge >= 0.3 is 5.97 Å². The molecule has 29 heavy (non-hydrogen) atoms. The van der Waals surface area contributed by atoms with Gasteiger partial charge in [-0.2, -0.15) is 0 Å². The number of anilines is 2. The molecule has 1 aromatic carbocycles. The fourth-order valence-corrected chi connectivity index (χ4v) is 4.30. The van der Waals surface area contributed by atoms with Crippen molar-refractivity contribution in [2.75, 3.05) is 23.4 Å². The lowest BCUT2D eigenvalue weighted by Crippen LogP contribution is -2.47. The van der Waals surface area contributed by atoms with E-state index in [2.05, 4.69) is 10.3 Å². The fraction of sp³-hybridized carbons (Fsp3) is 0.476. The molecule has 1 heterocycles. The SMILES string of the molecule is CC(OC(=O)c1ccccc1NCCO)C(=O)N(c1nccs1)C1CCCCC1. The highest BCUT2D eigenvalue weighted by Gasteiger charge is 2.33. The van der Waals surface area contributed by atoms with Crippen molar-refractivity contribution in [3.63, 3.8) is 0 Å². The number of ether oxygens (including phenoxy) is 1. The lowest BCUT2D eigenvalue weighted by Gasteiger charge is -2.33. The van der Waals surface area contributed by atoms with E-state index in [9.17, 15) is 9.59 Å². The van der Waals surface area contributed by atoms with Gasteiger partial charge in [-0.05, 0) is 31.9 Å². The van der Waals surface area contributed by atoms with Crippen LogP contribution in [0.1, 0.15) is 49.4 Å². The highest BCUT2D eigenvalue weighted by molar-refractivity contribution is 7.13. The number of nitrogens with zero attached hydrogens (tertiary/aromatic N) is 2. The molecule has 1 unspecified atom stereocenters. The average molecular weight is 418 g/mol. The summed E-state index contributed by atoms with van der Waals surface area (Å²) in [4.78, 5) is 32.0.